The average molecular weight is 624 g/mol. The van der Waals surface area contributed by atoms with Crippen molar-refractivity contribution in [2.24, 2.45) is 10.1 Å². The Labute approximate surface area is 254 Å². The summed E-state index contributed by atoms with van der Waals surface area (Å²) in [6.45, 7) is 4.14. The maximum absolute atomic E-state index is 12.7. The molecule has 0 bridgehead atoms. The van der Waals surface area contributed by atoms with Gasteiger partial charge in [-0.3, -0.25) is 15.1 Å². The second-order valence-corrected chi connectivity index (χ2v) is 10.8. The summed E-state index contributed by atoms with van der Waals surface area (Å²) in [5.41, 5.74) is 6.49. The van der Waals surface area contributed by atoms with Gasteiger partial charge in [0.15, 0.2) is 11.0 Å². The van der Waals surface area contributed by atoms with Gasteiger partial charge in [0.05, 0.1) is 23.3 Å². The first kappa shape index (κ1) is 29.9. The van der Waals surface area contributed by atoms with Crippen LogP contribution in [0.15, 0.2) is 89.2 Å². The zero-order valence-electron chi connectivity index (χ0n) is 22.8. The molecule has 0 spiro atoms. The van der Waals surface area contributed by atoms with Crippen LogP contribution >= 0.6 is 24.0 Å². The maximum atomic E-state index is 12.7. The number of hydrogen-bond donors (Lipinski definition) is 1. The summed E-state index contributed by atoms with van der Waals surface area (Å²) in [4.78, 5) is 23.1. The fourth-order valence-electron chi connectivity index (χ4n) is 4.21. The van der Waals surface area contributed by atoms with Crippen molar-refractivity contribution in [2.45, 2.75) is 26.1 Å². The Morgan fingerprint density at radius 3 is 2.63 bits per heavy atom. The van der Waals surface area contributed by atoms with Crippen molar-refractivity contribution >= 4 is 52.1 Å². The van der Waals surface area contributed by atoms with Gasteiger partial charge in [0.1, 0.15) is 12.1 Å². The number of aromatic nitrogens is 3. The minimum Gasteiger partial charge on any atom is -0.406 e. The lowest BCUT2D eigenvalue weighted by Crippen LogP contribution is -2.31. The molecule has 220 valence electrons. The van der Waals surface area contributed by atoms with E-state index >= 15 is 0 Å². The third-order valence-electron chi connectivity index (χ3n) is 6.11. The van der Waals surface area contributed by atoms with Crippen LogP contribution in [-0.4, -0.2) is 49.3 Å². The quantitative estimate of drug-likeness (QED) is 0.147. The van der Waals surface area contributed by atoms with E-state index in [9.17, 15) is 18.0 Å². The Morgan fingerprint density at radius 2 is 1.88 bits per heavy atom. The molecule has 1 fully saturated rings. The molecule has 1 aliphatic rings. The molecule has 0 radical (unpaired) electrons. The van der Waals surface area contributed by atoms with Crippen LogP contribution in [0, 0.1) is 0 Å². The number of nitrogens with one attached hydrogen (secondary N) is 1. The van der Waals surface area contributed by atoms with E-state index in [4.69, 9.17) is 12.2 Å². The highest BCUT2D eigenvalue weighted by atomic mass is 32.2. The van der Waals surface area contributed by atoms with E-state index in [0.717, 1.165) is 16.8 Å². The number of carbonyl (C=O) groups excluding carboxylic acids is 1. The van der Waals surface area contributed by atoms with Crippen LogP contribution in [0.2, 0.25) is 0 Å². The molecule has 43 heavy (non-hydrogen) atoms. The number of anilines is 1. The molecule has 2 heterocycles. The van der Waals surface area contributed by atoms with Crippen molar-refractivity contribution in [3.63, 3.8) is 0 Å². The largest absolute Gasteiger partial charge is 0.573 e. The number of para-hydroxylation sites is 1. The SMILES string of the molecule is CC(C)c1ccccc1N1C(=O)CS/C1=N\C(=S)N/N=C/c1cccc(-c2ncn(-c3ccc(OC(F)(F)F)cc3)n2)c1. The number of amidine groups is 1. The van der Waals surface area contributed by atoms with E-state index < -0.39 is 6.36 Å². The Bertz CT molecular complexity index is 1700. The van der Waals surface area contributed by atoms with E-state index in [-0.39, 0.29) is 28.4 Å². The van der Waals surface area contributed by atoms with Gasteiger partial charge in [-0.25, -0.2) is 9.67 Å². The number of hydrogen-bond acceptors (Lipinski definition) is 7. The van der Waals surface area contributed by atoms with Crippen LogP contribution in [0.1, 0.15) is 30.9 Å². The van der Waals surface area contributed by atoms with E-state index in [0.29, 0.717) is 22.2 Å². The number of amides is 1. The first-order chi connectivity index (χ1) is 20.6. The van der Waals surface area contributed by atoms with E-state index in [1.807, 2.05) is 48.5 Å². The molecule has 1 aromatic heterocycles. The second kappa shape index (κ2) is 12.8. The molecule has 1 N–H and O–H groups in total. The standard InChI is InChI=1S/C29H24F3N7O2S2/c1-18(2)23-8-3-4-9-24(23)39-25(40)16-43-28(39)35-27(42)36-34-15-19-6-5-7-20(14-19)26-33-17-38(37-26)21-10-12-22(13-11-21)41-29(30,31)32/h3-15,17-18H,16H2,1-2H3,(H,36,42)/b34-15+,35-28-. The number of thioether (sulfide) groups is 1. The van der Waals surface area contributed by atoms with Crippen LogP contribution in [0.25, 0.3) is 17.1 Å². The lowest BCUT2D eigenvalue weighted by Gasteiger charge is -2.21. The molecule has 0 saturated carbocycles. The lowest BCUT2D eigenvalue weighted by molar-refractivity contribution is -0.274. The number of nitrogens with zero attached hydrogens (tertiary/aromatic N) is 6. The van der Waals surface area contributed by atoms with E-state index in [1.54, 1.807) is 11.1 Å². The fourth-order valence-corrected chi connectivity index (χ4v) is 5.28. The number of hydrazone groups is 1. The summed E-state index contributed by atoms with van der Waals surface area (Å²) in [7, 11) is 0. The molecule has 1 amide bonds. The first-order valence-corrected chi connectivity index (χ1v) is 14.3. The fraction of sp³-hybridized carbons (Fsp3) is 0.172. The zero-order chi connectivity index (χ0) is 30.6. The number of halogens is 3. The van der Waals surface area contributed by atoms with Gasteiger partial charge in [-0.1, -0.05) is 62.0 Å². The second-order valence-electron chi connectivity index (χ2n) is 9.48. The van der Waals surface area contributed by atoms with Crippen molar-refractivity contribution in [3.8, 4) is 22.8 Å². The van der Waals surface area contributed by atoms with Crippen LogP contribution in [-0.2, 0) is 4.79 Å². The molecule has 3 aromatic carbocycles. The van der Waals surface area contributed by atoms with Crippen LogP contribution in [0.3, 0.4) is 0 Å². The predicted molar refractivity (Wildman–Crippen MR) is 165 cm³/mol. The monoisotopic (exact) mass is 623 g/mol. The number of ether oxygens (including phenoxy) is 1. The Morgan fingerprint density at radius 1 is 1.12 bits per heavy atom. The smallest absolute Gasteiger partial charge is 0.406 e. The highest BCUT2D eigenvalue weighted by Gasteiger charge is 2.32. The van der Waals surface area contributed by atoms with Crippen molar-refractivity contribution in [3.05, 3.63) is 90.3 Å². The van der Waals surface area contributed by atoms with Gasteiger partial charge >= 0.3 is 6.36 Å². The summed E-state index contributed by atoms with van der Waals surface area (Å²) in [5, 5.41) is 9.20. The lowest BCUT2D eigenvalue weighted by atomic mass is 10.0. The number of thiocarbonyl (C=S) groups is 1. The van der Waals surface area contributed by atoms with Crippen molar-refractivity contribution < 1.29 is 22.7 Å². The first-order valence-electron chi connectivity index (χ1n) is 12.9. The third kappa shape index (κ3) is 7.45. The van der Waals surface area contributed by atoms with Crippen LogP contribution in [0.4, 0.5) is 18.9 Å². The number of alkyl halides is 3. The Hall–Kier alpha value is -4.56. The number of rotatable bonds is 7. The third-order valence-corrected chi connectivity index (χ3v) is 7.21. The van der Waals surface area contributed by atoms with Crippen LogP contribution < -0.4 is 15.1 Å². The van der Waals surface area contributed by atoms with Gasteiger partial charge in [0.25, 0.3) is 0 Å². The molecular formula is C29H24F3N7O2S2. The number of carbonyl (C=O) groups is 1. The minimum atomic E-state index is -4.76. The van der Waals surface area contributed by atoms with Gasteiger partial charge < -0.3 is 4.74 Å². The predicted octanol–water partition coefficient (Wildman–Crippen LogP) is 6.30. The van der Waals surface area contributed by atoms with Gasteiger partial charge in [-0.15, -0.1) is 18.3 Å². The van der Waals surface area contributed by atoms with Crippen molar-refractivity contribution in [2.75, 3.05) is 10.7 Å². The minimum absolute atomic E-state index is 0.0662. The summed E-state index contributed by atoms with van der Waals surface area (Å²) in [5.74, 6) is 0.505. The Kier molecular flexibility index (Phi) is 8.87. The summed E-state index contributed by atoms with van der Waals surface area (Å²) in [6.07, 6.45) is -1.74. The molecular weight excluding hydrogens is 599 g/mol. The number of aliphatic imine (C=N–C) groups is 1. The van der Waals surface area contributed by atoms with Crippen molar-refractivity contribution in [1.29, 1.82) is 0 Å². The summed E-state index contributed by atoms with van der Waals surface area (Å²) < 4.78 is 42.6. The average Bonchev–Trinajstić information content (AvgIpc) is 3.60. The van der Waals surface area contributed by atoms with E-state index in [2.05, 4.69) is 44.2 Å². The van der Waals surface area contributed by atoms with Gasteiger partial charge in [0, 0.05) is 5.56 Å². The molecule has 14 heteroatoms. The van der Waals surface area contributed by atoms with Crippen LogP contribution in [0.5, 0.6) is 5.75 Å². The zero-order valence-corrected chi connectivity index (χ0v) is 24.5. The molecule has 1 aliphatic heterocycles. The molecule has 0 aliphatic carbocycles. The summed E-state index contributed by atoms with van der Waals surface area (Å²) >= 11 is 6.68. The maximum Gasteiger partial charge on any atom is 0.573 e. The van der Waals surface area contributed by atoms with Gasteiger partial charge in [0.2, 0.25) is 11.0 Å². The Balaban J connectivity index is 1.25. The molecule has 4 aromatic rings. The number of benzene rings is 3. The highest BCUT2D eigenvalue weighted by Crippen LogP contribution is 2.33. The molecule has 0 atom stereocenters. The topological polar surface area (TPSA) is 97.0 Å². The molecule has 5 rings (SSSR count). The van der Waals surface area contributed by atoms with Gasteiger partial charge in [-0.05, 0) is 65.7 Å². The molecule has 9 nitrogen and oxygen atoms in total. The van der Waals surface area contributed by atoms with E-state index in [1.165, 1.54) is 47.0 Å². The normalized spacial score (nSPS) is 14.7. The highest BCUT2D eigenvalue weighted by molar-refractivity contribution is 8.15. The summed E-state index contributed by atoms with van der Waals surface area (Å²) in [6, 6.07) is 20.3. The molecule has 0 unspecified atom stereocenters. The van der Waals surface area contributed by atoms with Crippen molar-refractivity contribution in [1.82, 2.24) is 20.2 Å². The van der Waals surface area contributed by atoms with Gasteiger partial charge in [-0.2, -0.15) is 10.1 Å². The molecule has 1 saturated heterocycles.